The summed E-state index contributed by atoms with van der Waals surface area (Å²) in [5.41, 5.74) is 4.21. The molecule has 5 heteroatoms. The number of anilines is 1. The topological polar surface area (TPSA) is 40.5 Å². The number of hydrogen-bond acceptors (Lipinski definition) is 3. The second-order valence-corrected chi connectivity index (χ2v) is 4.27. The van der Waals surface area contributed by atoms with Crippen LogP contribution in [0.2, 0.25) is 0 Å². The van der Waals surface area contributed by atoms with Crippen LogP contribution in [0.15, 0.2) is 21.6 Å². The molecule has 4 nitrogen and oxygen atoms in total. The van der Waals surface area contributed by atoms with Crippen molar-refractivity contribution >= 4 is 27.6 Å². The first-order valence-electron chi connectivity index (χ1n) is 4.83. The lowest BCUT2D eigenvalue weighted by Gasteiger charge is -2.17. The van der Waals surface area contributed by atoms with Crippen LogP contribution in [0.1, 0.15) is 12.1 Å². The van der Waals surface area contributed by atoms with Crippen molar-refractivity contribution in [1.29, 1.82) is 0 Å². The summed E-state index contributed by atoms with van der Waals surface area (Å²) in [6.07, 6.45) is 0.952. The quantitative estimate of drug-likeness (QED) is 0.846. The molecule has 2 heterocycles. The predicted octanol–water partition coefficient (Wildman–Crippen LogP) is 1.90. The average molecular weight is 269 g/mol. The Bertz CT molecular complexity index is 402. The molecule has 80 valence electrons. The zero-order chi connectivity index (χ0) is 10.8. The summed E-state index contributed by atoms with van der Waals surface area (Å²) in [6, 6.07) is 4.00. The van der Waals surface area contributed by atoms with Gasteiger partial charge in [-0.2, -0.15) is 0 Å². The molecule has 0 aliphatic carbocycles. The van der Waals surface area contributed by atoms with Crippen molar-refractivity contribution in [3.63, 3.8) is 0 Å². The lowest BCUT2D eigenvalue weighted by Crippen LogP contribution is -2.33. The Morgan fingerprint density at radius 3 is 2.93 bits per heavy atom. The fourth-order valence-corrected chi connectivity index (χ4v) is 1.72. The van der Waals surface area contributed by atoms with Gasteiger partial charge in [-0.1, -0.05) is 0 Å². The smallest absolute Gasteiger partial charge is 0.147 e. The van der Waals surface area contributed by atoms with E-state index in [1.54, 1.807) is 7.05 Å². The van der Waals surface area contributed by atoms with Crippen molar-refractivity contribution < 1.29 is 0 Å². The van der Waals surface area contributed by atoms with Crippen molar-refractivity contribution in [3.05, 3.63) is 22.3 Å². The molecule has 1 N–H and O–H groups in total. The van der Waals surface area contributed by atoms with E-state index >= 15 is 0 Å². The van der Waals surface area contributed by atoms with E-state index in [4.69, 9.17) is 0 Å². The number of amidine groups is 1. The summed E-state index contributed by atoms with van der Waals surface area (Å²) in [6.45, 7) is 2.90. The maximum absolute atomic E-state index is 4.49. The van der Waals surface area contributed by atoms with Crippen LogP contribution in [0.3, 0.4) is 0 Å². The number of aliphatic imine (C=N–C) groups is 1. The number of aryl methyl sites for hydroxylation is 1. The first kappa shape index (κ1) is 10.4. The molecule has 0 amide bonds. The Kier molecular flexibility index (Phi) is 2.90. The van der Waals surface area contributed by atoms with Crippen molar-refractivity contribution in [2.24, 2.45) is 4.99 Å². The molecule has 1 aliphatic heterocycles. The molecule has 1 aromatic heterocycles. The molecule has 0 radical (unpaired) electrons. The monoisotopic (exact) mass is 268 g/mol. The molecule has 1 fully saturated rings. The summed E-state index contributed by atoms with van der Waals surface area (Å²) in [7, 11) is 1.80. The third kappa shape index (κ3) is 2.12. The normalized spacial score (nSPS) is 18.3. The largest absolute Gasteiger partial charge is 0.284 e. The van der Waals surface area contributed by atoms with E-state index in [2.05, 4.69) is 31.3 Å². The number of aromatic nitrogens is 1. The second-order valence-electron chi connectivity index (χ2n) is 3.42. The maximum atomic E-state index is 4.49. The number of pyridine rings is 1. The summed E-state index contributed by atoms with van der Waals surface area (Å²) < 4.78 is 1.04. The third-order valence-corrected chi connectivity index (χ3v) is 3.23. The highest BCUT2D eigenvalue weighted by atomic mass is 79.9. The van der Waals surface area contributed by atoms with E-state index in [0.29, 0.717) is 0 Å². The van der Waals surface area contributed by atoms with E-state index < -0.39 is 0 Å². The molecule has 0 spiro atoms. The molecule has 1 aromatic rings. The number of halogens is 1. The maximum Gasteiger partial charge on any atom is 0.147 e. The minimum atomic E-state index is 0.917. The van der Waals surface area contributed by atoms with Gasteiger partial charge in [0.05, 0.1) is 5.69 Å². The van der Waals surface area contributed by atoms with Gasteiger partial charge in [-0.25, -0.2) is 4.98 Å². The Morgan fingerprint density at radius 2 is 2.33 bits per heavy atom. The standard InChI is InChI=1S/C10H13BrN4/c1-7-8(11)3-4-10(13-7)15-6-5-9(12-2)14-15/h3-4H,5-6H2,1-2H3,(H,12,14). The van der Waals surface area contributed by atoms with Gasteiger partial charge in [0.25, 0.3) is 0 Å². The Morgan fingerprint density at radius 1 is 1.53 bits per heavy atom. The minimum absolute atomic E-state index is 0.917. The van der Waals surface area contributed by atoms with E-state index in [9.17, 15) is 0 Å². The lowest BCUT2D eigenvalue weighted by molar-refractivity contribution is 0.831. The highest BCUT2D eigenvalue weighted by Crippen LogP contribution is 2.19. The van der Waals surface area contributed by atoms with Crippen molar-refractivity contribution in [2.45, 2.75) is 13.3 Å². The zero-order valence-corrected chi connectivity index (χ0v) is 10.4. The van der Waals surface area contributed by atoms with Gasteiger partial charge in [-0.05, 0) is 35.0 Å². The number of rotatable bonds is 1. The summed E-state index contributed by atoms with van der Waals surface area (Å²) >= 11 is 3.44. The Labute approximate surface area is 97.5 Å². The predicted molar refractivity (Wildman–Crippen MR) is 65.1 cm³/mol. The lowest BCUT2D eigenvalue weighted by atomic mass is 10.3. The molecule has 1 saturated heterocycles. The fraction of sp³-hybridized carbons (Fsp3) is 0.400. The molecule has 0 unspecified atom stereocenters. The molecule has 0 aromatic carbocycles. The van der Waals surface area contributed by atoms with Gasteiger partial charge < -0.3 is 0 Å². The number of nitrogens with one attached hydrogen (secondary N) is 1. The van der Waals surface area contributed by atoms with Crippen molar-refractivity contribution in [3.8, 4) is 0 Å². The van der Waals surface area contributed by atoms with Gasteiger partial charge in [0.1, 0.15) is 11.7 Å². The van der Waals surface area contributed by atoms with E-state index in [-0.39, 0.29) is 0 Å². The Balaban J connectivity index is 2.21. The van der Waals surface area contributed by atoms with Gasteiger partial charge in [0.15, 0.2) is 0 Å². The molecular formula is C10H13BrN4. The van der Waals surface area contributed by atoms with Crippen LogP contribution in [0.4, 0.5) is 5.82 Å². The highest BCUT2D eigenvalue weighted by Gasteiger charge is 2.17. The van der Waals surface area contributed by atoms with E-state index in [0.717, 1.165) is 34.8 Å². The molecule has 15 heavy (non-hydrogen) atoms. The van der Waals surface area contributed by atoms with E-state index in [1.165, 1.54) is 0 Å². The van der Waals surface area contributed by atoms with Crippen LogP contribution in [-0.4, -0.2) is 24.4 Å². The van der Waals surface area contributed by atoms with Crippen LogP contribution >= 0.6 is 15.9 Å². The Hall–Kier alpha value is -1.10. The van der Waals surface area contributed by atoms with Crippen molar-refractivity contribution in [2.75, 3.05) is 18.6 Å². The van der Waals surface area contributed by atoms with Crippen molar-refractivity contribution in [1.82, 2.24) is 10.4 Å². The van der Waals surface area contributed by atoms with E-state index in [1.807, 2.05) is 24.1 Å². The number of nitrogens with zero attached hydrogens (tertiary/aromatic N) is 3. The van der Waals surface area contributed by atoms with Gasteiger partial charge in [0.2, 0.25) is 0 Å². The molecule has 1 aliphatic rings. The van der Waals surface area contributed by atoms with Gasteiger partial charge in [-0.3, -0.25) is 15.4 Å². The average Bonchev–Trinajstić information content (AvgIpc) is 2.70. The molecule has 0 bridgehead atoms. The molecule has 0 saturated carbocycles. The first-order valence-corrected chi connectivity index (χ1v) is 5.63. The van der Waals surface area contributed by atoms with Gasteiger partial charge in [0, 0.05) is 24.5 Å². The summed E-state index contributed by atoms with van der Waals surface area (Å²) in [4.78, 5) is 8.62. The van der Waals surface area contributed by atoms with Crippen LogP contribution in [0.25, 0.3) is 0 Å². The fourth-order valence-electron chi connectivity index (χ4n) is 1.50. The highest BCUT2D eigenvalue weighted by molar-refractivity contribution is 9.10. The number of hydrazine groups is 1. The van der Waals surface area contributed by atoms with Crippen LogP contribution < -0.4 is 10.4 Å². The molecule has 0 atom stereocenters. The number of hydrogen-bond donors (Lipinski definition) is 1. The second kappa shape index (κ2) is 4.18. The van der Waals surface area contributed by atoms with Crippen LogP contribution in [0, 0.1) is 6.92 Å². The first-order chi connectivity index (χ1) is 7.20. The third-order valence-electron chi connectivity index (χ3n) is 2.39. The molecular weight excluding hydrogens is 256 g/mol. The molecule has 2 rings (SSSR count). The SMILES string of the molecule is CN=C1CCN(c2ccc(Br)c(C)n2)N1. The van der Waals surface area contributed by atoms with Gasteiger partial charge in [-0.15, -0.1) is 0 Å². The van der Waals surface area contributed by atoms with Crippen LogP contribution in [0.5, 0.6) is 0 Å². The summed E-state index contributed by atoms with van der Waals surface area (Å²) in [5.74, 6) is 1.95. The van der Waals surface area contributed by atoms with Gasteiger partial charge >= 0.3 is 0 Å². The minimum Gasteiger partial charge on any atom is -0.284 e. The zero-order valence-electron chi connectivity index (χ0n) is 8.79. The van der Waals surface area contributed by atoms with Crippen LogP contribution in [-0.2, 0) is 0 Å². The summed E-state index contributed by atoms with van der Waals surface area (Å²) in [5, 5.41) is 2.02.